The van der Waals surface area contributed by atoms with E-state index in [0.29, 0.717) is 6.61 Å². The summed E-state index contributed by atoms with van der Waals surface area (Å²) in [6.45, 7) is 9.86. The van der Waals surface area contributed by atoms with Crippen molar-refractivity contribution in [3.63, 3.8) is 0 Å². The Balaban J connectivity index is 4.07. The second kappa shape index (κ2) is 7.36. The van der Waals surface area contributed by atoms with Crippen LogP contribution in [0.25, 0.3) is 0 Å². The zero-order valence-corrected chi connectivity index (χ0v) is 12.1. The minimum Gasteiger partial charge on any atom is -0.464 e. The number of hydrogen-bond acceptors (Lipinski definition) is 4. The first kappa shape index (κ1) is 16.9. The predicted octanol–water partition coefficient (Wildman–Crippen LogP) is 1.21. The van der Waals surface area contributed by atoms with Crippen molar-refractivity contribution in [3.05, 3.63) is 0 Å². The van der Waals surface area contributed by atoms with Crippen molar-refractivity contribution < 1.29 is 14.3 Å². The van der Waals surface area contributed by atoms with E-state index in [1.165, 1.54) is 0 Å². The summed E-state index contributed by atoms with van der Waals surface area (Å²) in [6, 6.07) is -0.821. The van der Waals surface area contributed by atoms with Crippen molar-refractivity contribution in [2.45, 2.75) is 59.5 Å². The van der Waals surface area contributed by atoms with Crippen LogP contribution in [-0.2, 0) is 14.3 Å². The second-order valence-corrected chi connectivity index (χ2v) is 5.77. The molecule has 0 aromatic rings. The summed E-state index contributed by atoms with van der Waals surface area (Å²) < 4.78 is 4.81. The normalized spacial score (nSPS) is 14.8. The van der Waals surface area contributed by atoms with E-state index in [1.54, 1.807) is 13.8 Å². The molecule has 0 aromatic heterocycles. The second-order valence-electron chi connectivity index (χ2n) is 5.77. The third-order valence-electron chi connectivity index (χ3n) is 2.34. The van der Waals surface area contributed by atoms with E-state index in [4.69, 9.17) is 10.5 Å². The number of amides is 1. The van der Waals surface area contributed by atoms with E-state index in [-0.39, 0.29) is 23.8 Å². The SMILES string of the molecule is CCOC(=O)C(C)NC(=O)CC(N)CC(C)(C)C. The number of carbonyl (C=O) groups is 2. The van der Waals surface area contributed by atoms with Crippen LogP contribution < -0.4 is 11.1 Å². The summed E-state index contributed by atoms with van der Waals surface area (Å²) in [6.07, 6.45) is 0.981. The molecule has 0 bridgehead atoms. The Hall–Kier alpha value is -1.10. The minimum absolute atomic E-state index is 0.0897. The van der Waals surface area contributed by atoms with Crippen LogP contribution in [0.5, 0.6) is 0 Å². The Labute approximate surface area is 109 Å². The Bertz CT molecular complexity index is 284. The van der Waals surface area contributed by atoms with E-state index < -0.39 is 12.0 Å². The molecule has 0 aliphatic carbocycles. The molecule has 0 saturated carbocycles. The molecule has 0 rings (SSSR count). The van der Waals surface area contributed by atoms with E-state index in [2.05, 4.69) is 26.1 Å². The molecule has 0 saturated heterocycles. The fourth-order valence-electron chi connectivity index (χ4n) is 1.72. The van der Waals surface area contributed by atoms with Crippen LogP contribution >= 0.6 is 0 Å². The maximum Gasteiger partial charge on any atom is 0.328 e. The summed E-state index contributed by atoms with van der Waals surface area (Å²) in [5, 5.41) is 2.59. The van der Waals surface area contributed by atoms with Gasteiger partial charge in [0.15, 0.2) is 0 Å². The first-order valence-corrected chi connectivity index (χ1v) is 6.37. The van der Waals surface area contributed by atoms with Gasteiger partial charge in [0.2, 0.25) is 5.91 Å². The summed E-state index contributed by atoms with van der Waals surface area (Å²) in [4.78, 5) is 23.0. The first-order valence-electron chi connectivity index (χ1n) is 6.37. The van der Waals surface area contributed by atoms with Crippen molar-refractivity contribution in [2.75, 3.05) is 6.61 Å². The van der Waals surface area contributed by atoms with Gasteiger partial charge in [0.1, 0.15) is 6.04 Å². The van der Waals surface area contributed by atoms with Crippen molar-refractivity contribution in [3.8, 4) is 0 Å². The molecule has 0 spiro atoms. The molecule has 1 amide bonds. The Morgan fingerprint density at radius 1 is 1.33 bits per heavy atom. The van der Waals surface area contributed by atoms with Gasteiger partial charge >= 0.3 is 5.97 Å². The van der Waals surface area contributed by atoms with Crippen LogP contribution in [0.2, 0.25) is 0 Å². The summed E-state index contributed by atoms with van der Waals surface area (Å²) >= 11 is 0. The van der Waals surface area contributed by atoms with Gasteiger partial charge in [0.25, 0.3) is 0 Å². The highest BCUT2D eigenvalue weighted by atomic mass is 16.5. The molecule has 18 heavy (non-hydrogen) atoms. The average molecular weight is 258 g/mol. The van der Waals surface area contributed by atoms with Crippen LogP contribution in [0, 0.1) is 5.41 Å². The van der Waals surface area contributed by atoms with Crippen molar-refractivity contribution in [1.82, 2.24) is 5.32 Å². The zero-order chi connectivity index (χ0) is 14.3. The van der Waals surface area contributed by atoms with Crippen LogP contribution in [-0.4, -0.2) is 30.6 Å². The Morgan fingerprint density at radius 3 is 2.33 bits per heavy atom. The van der Waals surface area contributed by atoms with Crippen molar-refractivity contribution >= 4 is 11.9 Å². The van der Waals surface area contributed by atoms with Crippen molar-refractivity contribution in [2.24, 2.45) is 11.1 Å². The molecular weight excluding hydrogens is 232 g/mol. The maximum atomic E-state index is 11.7. The predicted molar refractivity (Wildman–Crippen MR) is 70.9 cm³/mol. The van der Waals surface area contributed by atoms with Gasteiger partial charge in [0.05, 0.1) is 6.61 Å². The number of ether oxygens (including phenoxy) is 1. The first-order chi connectivity index (χ1) is 8.15. The summed E-state index contributed by atoms with van der Waals surface area (Å²) in [5.74, 6) is -0.637. The third-order valence-corrected chi connectivity index (χ3v) is 2.34. The molecule has 5 nitrogen and oxygen atoms in total. The number of carbonyl (C=O) groups excluding carboxylic acids is 2. The number of hydrogen-bond donors (Lipinski definition) is 2. The number of esters is 1. The molecule has 2 atom stereocenters. The molecule has 5 heteroatoms. The highest BCUT2D eigenvalue weighted by Crippen LogP contribution is 2.20. The van der Waals surface area contributed by atoms with Gasteiger partial charge in [0, 0.05) is 12.5 Å². The lowest BCUT2D eigenvalue weighted by Crippen LogP contribution is -2.42. The van der Waals surface area contributed by atoms with Gasteiger partial charge in [-0.2, -0.15) is 0 Å². The van der Waals surface area contributed by atoms with Crippen LogP contribution in [0.4, 0.5) is 0 Å². The molecule has 0 aliphatic rings. The standard InChI is InChI=1S/C13H26N2O3/c1-6-18-12(17)9(2)15-11(16)7-10(14)8-13(3,4)5/h9-10H,6-8,14H2,1-5H3,(H,15,16). The van der Waals surface area contributed by atoms with Crippen LogP contribution in [0.15, 0.2) is 0 Å². The van der Waals surface area contributed by atoms with Gasteiger partial charge in [-0.05, 0) is 25.7 Å². The topological polar surface area (TPSA) is 81.4 Å². The zero-order valence-electron chi connectivity index (χ0n) is 12.1. The van der Waals surface area contributed by atoms with Crippen LogP contribution in [0.3, 0.4) is 0 Å². The largest absolute Gasteiger partial charge is 0.464 e. The van der Waals surface area contributed by atoms with Gasteiger partial charge < -0.3 is 15.8 Å². The highest BCUT2D eigenvalue weighted by Gasteiger charge is 2.21. The molecule has 2 unspecified atom stereocenters. The Morgan fingerprint density at radius 2 is 1.89 bits per heavy atom. The van der Waals surface area contributed by atoms with Crippen molar-refractivity contribution in [1.29, 1.82) is 0 Å². The van der Waals surface area contributed by atoms with E-state index in [9.17, 15) is 9.59 Å². The number of rotatable bonds is 6. The summed E-state index contributed by atoms with van der Waals surface area (Å²) in [5.41, 5.74) is 5.98. The quantitative estimate of drug-likeness (QED) is 0.702. The summed E-state index contributed by atoms with van der Waals surface area (Å²) in [7, 11) is 0. The van der Waals surface area contributed by atoms with Crippen LogP contribution in [0.1, 0.15) is 47.5 Å². The highest BCUT2D eigenvalue weighted by molar-refractivity contribution is 5.84. The van der Waals surface area contributed by atoms with Gasteiger partial charge in [-0.15, -0.1) is 0 Å². The molecule has 0 radical (unpaired) electrons. The number of nitrogens with two attached hydrogens (primary N) is 1. The Kier molecular flexibility index (Phi) is 6.91. The molecule has 106 valence electrons. The monoisotopic (exact) mass is 258 g/mol. The lowest BCUT2D eigenvalue weighted by Gasteiger charge is -2.23. The smallest absolute Gasteiger partial charge is 0.328 e. The molecular formula is C13H26N2O3. The van der Waals surface area contributed by atoms with E-state index in [1.807, 2.05) is 0 Å². The third kappa shape index (κ3) is 8.06. The maximum absolute atomic E-state index is 11.7. The molecule has 0 fully saturated rings. The molecule has 0 aliphatic heterocycles. The average Bonchev–Trinajstić information content (AvgIpc) is 2.13. The molecule has 0 aromatic carbocycles. The van der Waals surface area contributed by atoms with Gasteiger partial charge in [-0.3, -0.25) is 4.79 Å². The number of nitrogens with one attached hydrogen (secondary N) is 1. The molecule has 0 heterocycles. The fourth-order valence-corrected chi connectivity index (χ4v) is 1.72. The van der Waals surface area contributed by atoms with Gasteiger partial charge in [-0.25, -0.2) is 4.79 Å². The fraction of sp³-hybridized carbons (Fsp3) is 0.846. The molecule has 3 N–H and O–H groups in total. The lowest BCUT2D eigenvalue weighted by molar-refractivity contribution is -0.146. The van der Waals surface area contributed by atoms with E-state index >= 15 is 0 Å². The van der Waals surface area contributed by atoms with E-state index in [0.717, 1.165) is 6.42 Å². The lowest BCUT2D eigenvalue weighted by atomic mass is 9.87. The minimum atomic E-state index is -0.626. The van der Waals surface area contributed by atoms with Gasteiger partial charge in [-0.1, -0.05) is 20.8 Å².